The van der Waals surface area contributed by atoms with Gasteiger partial charge in [-0.05, 0) is 34.0 Å². The maximum Gasteiger partial charge on any atom is 0.235 e. The third-order valence-electron chi connectivity index (χ3n) is 5.38. The van der Waals surface area contributed by atoms with Gasteiger partial charge >= 0.3 is 0 Å². The third-order valence-corrected chi connectivity index (χ3v) is 5.38. The number of hydrogen-bond donors (Lipinski definition) is 1. The highest BCUT2D eigenvalue weighted by atomic mass is 16.5. The molecule has 26 heavy (non-hydrogen) atoms. The van der Waals surface area contributed by atoms with Crippen molar-refractivity contribution in [2.24, 2.45) is 11.8 Å². The predicted octanol–water partition coefficient (Wildman–Crippen LogP) is 0.337. The number of aromatic nitrogens is 1. The lowest BCUT2D eigenvalue weighted by Gasteiger charge is -2.23. The van der Waals surface area contributed by atoms with Gasteiger partial charge in [0, 0.05) is 12.6 Å². The van der Waals surface area contributed by atoms with Crippen LogP contribution in [0.15, 0.2) is 22.7 Å². The van der Waals surface area contributed by atoms with Crippen LogP contribution in [0.4, 0.5) is 5.82 Å². The number of nitrogens with one attached hydrogen (secondary N) is 1. The van der Waals surface area contributed by atoms with E-state index in [4.69, 9.17) is 9.26 Å². The van der Waals surface area contributed by atoms with Gasteiger partial charge in [0.2, 0.25) is 11.8 Å². The predicted molar refractivity (Wildman–Crippen MR) is 93.5 cm³/mol. The Bertz CT molecular complexity index is 758. The Labute approximate surface area is 152 Å². The van der Waals surface area contributed by atoms with Crippen LogP contribution in [0.1, 0.15) is 12.2 Å². The van der Waals surface area contributed by atoms with E-state index in [2.05, 4.69) is 15.4 Å². The van der Waals surface area contributed by atoms with E-state index < -0.39 is 17.4 Å². The summed E-state index contributed by atoms with van der Waals surface area (Å²) in [7, 11) is 4.00. The van der Waals surface area contributed by atoms with Crippen molar-refractivity contribution in [2.45, 2.75) is 25.0 Å². The first-order valence-electron chi connectivity index (χ1n) is 8.95. The fourth-order valence-corrected chi connectivity index (χ4v) is 4.20. The smallest absolute Gasteiger partial charge is 0.235 e. The molecule has 3 aliphatic heterocycles. The molecule has 8 nitrogen and oxygen atoms in total. The standard InChI is InChI=1S/C18H24N4O4/c1-11-9-13(20-26-11)22-10-18-6-5-12(25-18)14(15(18)17(22)24)16(23)19-7-4-8-21(2)3/h5-6,9,12,14-15H,4,7-8,10H2,1-3H3,(H,19,23)/t12?,14?,15?,18-/m0/s1. The van der Waals surface area contributed by atoms with Crippen molar-refractivity contribution >= 4 is 17.6 Å². The van der Waals surface area contributed by atoms with E-state index in [9.17, 15) is 9.59 Å². The molecule has 2 fully saturated rings. The molecule has 8 heteroatoms. The number of aryl methyl sites for hydroxylation is 1. The number of carbonyl (C=O) groups is 2. The maximum atomic E-state index is 13.1. The van der Waals surface area contributed by atoms with E-state index in [0.717, 1.165) is 13.0 Å². The van der Waals surface area contributed by atoms with Gasteiger partial charge in [-0.2, -0.15) is 0 Å². The molecule has 3 unspecified atom stereocenters. The summed E-state index contributed by atoms with van der Waals surface area (Å²) in [6.07, 6.45) is 4.37. The van der Waals surface area contributed by atoms with Gasteiger partial charge in [0.05, 0.1) is 24.5 Å². The van der Waals surface area contributed by atoms with Crippen molar-refractivity contribution in [3.05, 3.63) is 24.0 Å². The molecule has 0 aromatic carbocycles. The molecular weight excluding hydrogens is 336 g/mol. The van der Waals surface area contributed by atoms with Crippen LogP contribution < -0.4 is 10.2 Å². The summed E-state index contributed by atoms with van der Waals surface area (Å²) in [4.78, 5) is 29.5. The number of anilines is 1. The van der Waals surface area contributed by atoms with Gasteiger partial charge in [0.15, 0.2) is 5.82 Å². The highest BCUT2D eigenvalue weighted by Gasteiger charge is 2.67. The summed E-state index contributed by atoms with van der Waals surface area (Å²) in [6.45, 7) is 3.63. The van der Waals surface area contributed by atoms with Crippen molar-refractivity contribution in [3.8, 4) is 0 Å². The largest absolute Gasteiger partial charge is 0.360 e. The Hall–Kier alpha value is -2.19. The molecule has 140 valence electrons. The fourth-order valence-electron chi connectivity index (χ4n) is 4.20. The maximum absolute atomic E-state index is 13.1. The molecule has 2 amide bonds. The zero-order chi connectivity index (χ0) is 18.5. The minimum Gasteiger partial charge on any atom is -0.360 e. The van der Waals surface area contributed by atoms with E-state index in [-0.39, 0.29) is 17.9 Å². The molecule has 4 rings (SSSR count). The van der Waals surface area contributed by atoms with Crippen molar-refractivity contribution in [1.29, 1.82) is 0 Å². The summed E-state index contributed by atoms with van der Waals surface area (Å²) < 4.78 is 11.2. The molecule has 1 spiro atoms. The SMILES string of the molecule is Cc1cc(N2C[C@]34C=CC(O3)C(C(=O)NCCCN(C)C)C4C2=O)no1. The Morgan fingerprint density at radius 3 is 3.00 bits per heavy atom. The van der Waals surface area contributed by atoms with Crippen LogP contribution in [-0.4, -0.2) is 67.3 Å². The first kappa shape index (κ1) is 17.2. The molecule has 0 saturated carbocycles. The van der Waals surface area contributed by atoms with Crippen molar-refractivity contribution in [2.75, 3.05) is 38.6 Å². The normalized spacial score (nSPS) is 31.9. The second-order valence-electron chi connectivity index (χ2n) is 7.57. The van der Waals surface area contributed by atoms with Crippen LogP contribution in [0.2, 0.25) is 0 Å². The molecule has 0 radical (unpaired) electrons. The number of fused-ring (bicyclic) bond motifs is 1. The lowest BCUT2D eigenvalue weighted by atomic mass is 9.77. The van der Waals surface area contributed by atoms with Gasteiger partial charge in [-0.1, -0.05) is 17.3 Å². The van der Waals surface area contributed by atoms with Gasteiger partial charge < -0.3 is 19.5 Å². The van der Waals surface area contributed by atoms with Crippen molar-refractivity contribution < 1.29 is 18.8 Å². The van der Waals surface area contributed by atoms with Crippen LogP contribution in [0.5, 0.6) is 0 Å². The second kappa shape index (κ2) is 6.21. The first-order chi connectivity index (χ1) is 12.4. The summed E-state index contributed by atoms with van der Waals surface area (Å²) in [5, 5.41) is 6.92. The van der Waals surface area contributed by atoms with Crippen LogP contribution in [-0.2, 0) is 14.3 Å². The van der Waals surface area contributed by atoms with Gasteiger partial charge in [-0.25, -0.2) is 0 Å². The van der Waals surface area contributed by atoms with Gasteiger partial charge in [-0.3, -0.25) is 14.5 Å². The van der Waals surface area contributed by atoms with Crippen LogP contribution in [0, 0.1) is 18.8 Å². The van der Waals surface area contributed by atoms with E-state index in [1.54, 1.807) is 17.9 Å². The summed E-state index contributed by atoms with van der Waals surface area (Å²) in [5.41, 5.74) is -0.736. The quantitative estimate of drug-likeness (QED) is 0.581. The summed E-state index contributed by atoms with van der Waals surface area (Å²) >= 11 is 0. The average molecular weight is 360 g/mol. The Balaban J connectivity index is 1.49. The number of nitrogens with zero attached hydrogens (tertiary/aromatic N) is 3. The molecule has 2 bridgehead atoms. The number of ether oxygens (including phenoxy) is 1. The Kier molecular flexibility index (Phi) is 4.11. The minimum absolute atomic E-state index is 0.114. The molecule has 1 N–H and O–H groups in total. The fraction of sp³-hybridized carbons (Fsp3) is 0.611. The molecule has 1 aromatic heterocycles. The third kappa shape index (κ3) is 2.64. The number of rotatable bonds is 6. The number of amides is 2. The molecule has 4 heterocycles. The first-order valence-corrected chi connectivity index (χ1v) is 8.95. The van der Waals surface area contributed by atoms with Crippen molar-refractivity contribution in [1.82, 2.24) is 15.4 Å². The minimum atomic E-state index is -0.736. The van der Waals surface area contributed by atoms with Crippen LogP contribution in [0.3, 0.4) is 0 Å². The lowest BCUT2D eigenvalue weighted by Crippen LogP contribution is -2.44. The van der Waals surface area contributed by atoms with Gasteiger partial charge in [-0.15, -0.1) is 0 Å². The zero-order valence-electron chi connectivity index (χ0n) is 15.3. The molecule has 0 aliphatic carbocycles. The lowest BCUT2D eigenvalue weighted by molar-refractivity contribution is -0.131. The zero-order valence-corrected chi connectivity index (χ0v) is 15.3. The molecular formula is C18H24N4O4. The van der Waals surface area contributed by atoms with E-state index in [1.165, 1.54) is 0 Å². The second-order valence-corrected chi connectivity index (χ2v) is 7.57. The van der Waals surface area contributed by atoms with E-state index in [0.29, 0.717) is 24.7 Å². The number of hydrogen-bond acceptors (Lipinski definition) is 6. The highest BCUT2D eigenvalue weighted by Crippen LogP contribution is 2.52. The summed E-state index contributed by atoms with van der Waals surface area (Å²) in [5.74, 6) is -0.136. The van der Waals surface area contributed by atoms with E-state index in [1.807, 2.05) is 26.2 Å². The van der Waals surface area contributed by atoms with Crippen molar-refractivity contribution in [3.63, 3.8) is 0 Å². The Morgan fingerprint density at radius 1 is 1.50 bits per heavy atom. The van der Waals surface area contributed by atoms with E-state index >= 15 is 0 Å². The molecule has 3 aliphatic rings. The van der Waals surface area contributed by atoms with Gasteiger partial charge in [0.25, 0.3) is 0 Å². The average Bonchev–Trinajstić information content (AvgIpc) is 3.32. The van der Waals surface area contributed by atoms with Crippen LogP contribution >= 0.6 is 0 Å². The van der Waals surface area contributed by atoms with Crippen LogP contribution in [0.25, 0.3) is 0 Å². The number of carbonyl (C=O) groups excluding carboxylic acids is 2. The topological polar surface area (TPSA) is 87.9 Å². The van der Waals surface area contributed by atoms with Gasteiger partial charge in [0.1, 0.15) is 11.4 Å². The molecule has 1 aromatic rings. The highest BCUT2D eigenvalue weighted by molar-refractivity contribution is 6.02. The Morgan fingerprint density at radius 2 is 2.31 bits per heavy atom. The summed E-state index contributed by atoms with van der Waals surface area (Å²) in [6, 6.07) is 1.72. The molecule has 4 atom stereocenters. The molecule has 2 saturated heterocycles. The monoisotopic (exact) mass is 360 g/mol.